The van der Waals surface area contributed by atoms with Gasteiger partial charge in [-0.1, -0.05) is 18.2 Å². The van der Waals surface area contributed by atoms with Crippen molar-refractivity contribution in [1.82, 2.24) is 0 Å². The number of carbonyl (C=O) groups is 1. The van der Waals surface area contributed by atoms with Gasteiger partial charge in [-0.3, -0.25) is 0 Å². The summed E-state index contributed by atoms with van der Waals surface area (Å²) in [6.07, 6.45) is -2.42. The van der Waals surface area contributed by atoms with E-state index in [4.69, 9.17) is 9.84 Å². The highest BCUT2D eigenvalue weighted by atomic mass is 19.1. The van der Waals surface area contributed by atoms with Crippen LogP contribution in [-0.4, -0.2) is 29.0 Å². The number of hydrogen-bond donors (Lipinski definition) is 2. The van der Waals surface area contributed by atoms with Crippen LogP contribution in [0.15, 0.2) is 24.3 Å². The van der Waals surface area contributed by atoms with Crippen molar-refractivity contribution in [3.8, 4) is 5.75 Å². The summed E-state index contributed by atoms with van der Waals surface area (Å²) >= 11 is 0. The summed E-state index contributed by atoms with van der Waals surface area (Å²) in [4.78, 5) is 10.6. The highest BCUT2D eigenvalue weighted by Crippen LogP contribution is 2.40. The number of alkyl halides is 1. The molecule has 0 saturated heterocycles. The molecule has 0 aliphatic carbocycles. The molecule has 1 aromatic rings. The second kappa shape index (κ2) is 3.75. The molecule has 16 heavy (non-hydrogen) atoms. The SMILES string of the molecule is O=C(O)C(F)C1(O)CCOc2ccccc21. The fourth-order valence-corrected chi connectivity index (χ4v) is 1.87. The minimum absolute atomic E-state index is 0.0719. The van der Waals surface area contributed by atoms with E-state index in [0.29, 0.717) is 5.75 Å². The zero-order valence-electron chi connectivity index (χ0n) is 8.39. The average Bonchev–Trinajstić information content (AvgIpc) is 2.28. The topological polar surface area (TPSA) is 66.8 Å². The van der Waals surface area contributed by atoms with Crippen LogP contribution >= 0.6 is 0 Å². The molecule has 1 aliphatic heterocycles. The number of benzene rings is 1. The molecule has 2 N–H and O–H groups in total. The number of rotatable bonds is 2. The lowest BCUT2D eigenvalue weighted by molar-refractivity contribution is -0.158. The van der Waals surface area contributed by atoms with Crippen LogP contribution in [0.4, 0.5) is 4.39 Å². The average molecular weight is 226 g/mol. The Balaban J connectivity index is 2.48. The van der Waals surface area contributed by atoms with E-state index in [2.05, 4.69) is 0 Å². The molecule has 2 atom stereocenters. The highest BCUT2D eigenvalue weighted by Gasteiger charge is 2.47. The van der Waals surface area contributed by atoms with Crippen LogP contribution in [0, 0.1) is 0 Å². The lowest BCUT2D eigenvalue weighted by atomic mass is 9.84. The molecule has 0 aromatic heterocycles. The number of fused-ring (bicyclic) bond motifs is 1. The van der Waals surface area contributed by atoms with E-state index in [0.717, 1.165) is 0 Å². The zero-order chi connectivity index (χ0) is 11.8. The van der Waals surface area contributed by atoms with E-state index in [-0.39, 0.29) is 18.6 Å². The maximum Gasteiger partial charge on any atom is 0.341 e. The van der Waals surface area contributed by atoms with Crippen LogP contribution in [0.3, 0.4) is 0 Å². The molecule has 2 unspecified atom stereocenters. The molecule has 1 aliphatic rings. The molecule has 0 amide bonds. The summed E-state index contributed by atoms with van der Waals surface area (Å²) in [5.74, 6) is -1.33. The van der Waals surface area contributed by atoms with Gasteiger partial charge in [0, 0.05) is 12.0 Å². The Labute approximate surface area is 91.3 Å². The Bertz CT molecular complexity index is 420. The van der Waals surface area contributed by atoms with E-state index >= 15 is 0 Å². The summed E-state index contributed by atoms with van der Waals surface area (Å²) in [6.45, 7) is 0.0984. The van der Waals surface area contributed by atoms with Gasteiger partial charge in [-0.25, -0.2) is 9.18 Å². The van der Waals surface area contributed by atoms with Crippen molar-refractivity contribution in [2.24, 2.45) is 0 Å². The first-order valence-electron chi connectivity index (χ1n) is 4.87. The van der Waals surface area contributed by atoms with Gasteiger partial charge in [0.25, 0.3) is 0 Å². The van der Waals surface area contributed by atoms with Crippen LogP contribution in [0.5, 0.6) is 5.75 Å². The van der Waals surface area contributed by atoms with Crippen LogP contribution in [0.25, 0.3) is 0 Å². The van der Waals surface area contributed by atoms with Gasteiger partial charge >= 0.3 is 5.97 Å². The predicted octanol–water partition coefficient (Wildman–Crippen LogP) is 1.08. The zero-order valence-corrected chi connectivity index (χ0v) is 8.39. The normalized spacial score (nSPS) is 25.4. The lowest BCUT2D eigenvalue weighted by Crippen LogP contribution is -2.45. The second-order valence-electron chi connectivity index (χ2n) is 3.72. The van der Waals surface area contributed by atoms with Gasteiger partial charge < -0.3 is 14.9 Å². The Morgan fingerprint density at radius 1 is 1.50 bits per heavy atom. The van der Waals surface area contributed by atoms with Crippen LogP contribution in [-0.2, 0) is 10.4 Å². The van der Waals surface area contributed by atoms with E-state index in [9.17, 15) is 14.3 Å². The summed E-state index contributed by atoms with van der Waals surface area (Å²) < 4.78 is 18.8. The molecule has 2 rings (SSSR count). The minimum atomic E-state index is -2.35. The molecule has 0 spiro atoms. The van der Waals surface area contributed by atoms with Gasteiger partial charge in [0.15, 0.2) is 0 Å². The Kier molecular flexibility index (Phi) is 2.55. The molecule has 0 saturated carbocycles. The summed E-state index contributed by atoms with van der Waals surface area (Å²) in [5, 5.41) is 18.8. The number of halogens is 1. The molecule has 1 heterocycles. The van der Waals surface area contributed by atoms with Crippen molar-refractivity contribution in [2.75, 3.05) is 6.61 Å². The second-order valence-corrected chi connectivity index (χ2v) is 3.72. The fourth-order valence-electron chi connectivity index (χ4n) is 1.87. The first kappa shape index (κ1) is 10.9. The standard InChI is InChI=1S/C11H11FO4/c12-9(10(13)14)11(15)5-6-16-8-4-2-1-3-7(8)11/h1-4,9,15H,5-6H2,(H,13,14). The highest BCUT2D eigenvalue weighted by molar-refractivity contribution is 5.74. The van der Waals surface area contributed by atoms with Gasteiger partial charge in [0.2, 0.25) is 6.17 Å². The molecule has 0 bridgehead atoms. The largest absolute Gasteiger partial charge is 0.493 e. The van der Waals surface area contributed by atoms with E-state index in [1.807, 2.05) is 0 Å². The molecular formula is C11H11FO4. The van der Waals surface area contributed by atoms with Crippen molar-refractivity contribution in [1.29, 1.82) is 0 Å². The van der Waals surface area contributed by atoms with Gasteiger partial charge in [0.1, 0.15) is 11.4 Å². The smallest absolute Gasteiger partial charge is 0.341 e. The van der Waals surface area contributed by atoms with Crippen molar-refractivity contribution in [3.63, 3.8) is 0 Å². The van der Waals surface area contributed by atoms with Crippen molar-refractivity contribution in [2.45, 2.75) is 18.2 Å². The van der Waals surface area contributed by atoms with Gasteiger partial charge in [-0.05, 0) is 6.07 Å². The van der Waals surface area contributed by atoms with E-state index < -0.39 is 17.7 Å². The molecule has 5 heteroatoms. The van der Waals surface area contributed by atoms with Crippen molar-refractivity contribution >= 4 is 5.97 Å². The third-order valence-corrected chi connectivity index (χ3v) is 2.73. The molecule has 1 aromatic carbocycles. The monoisotopic (exact) mass is 226 g/mol. The minimum Gasteiger partial charge on any atom is -0.493 e. The Hall–Kier alpha value is -1.62. The molecule has 86 valence electrons. The Morgan fingerprint density at radius 2 is 2.19 bits per heavy atom. The summed E-state index contributed by atoms with van der Waals surface area (Å²) in [6, 6.07) is 6.34. The number of hydrogen-bond acceptors (Lipinski definition) is 3. The number of aliphatic hydroxyl groups is 1. The van der Waals surface area contributed by atoms with Crippen LogP contribution < -0.4 is 4.74 Å². The third kappa shape index (κ3) is 1.53. The quantitative estimate of drug-likeness (QED) is 0.791. The predicted molar refractivity (Wildman–Crippen MR) is 53.0 cm³/mol. The first-order chi connectivity index (χ1) is 7.55. The van der Waals surface area contributed by atoms with Crippen LogP contribution in [0.1, 0.15) is 12.0 Å². The van der Waals surface area contributed by atoms with Gasteiger partial charge in [-0.2, -0.15) is 0 Å². The first-order valence-corrected chi connectivity index (χ1v) is 4.87. The molecule has 0 radical (unpaired) electrons. The number of carboxylic acid groups (broad SMARTS) is 1. The van der Waals surface area contributed by atoms with Gasteiger partial charge in [0.05, 0.1) is 6.61 Å². The fraction of sp³-hybridized carbons (Fsp3) is 0.364. The maximum atomic E-state index is 13.6. The summed E-state index contributed by atoms with van der Waals surface area (Å²) in [7, 11) is 0. The maximum absolute atomic E-state index is 13.6. The molecule has 4 nitrogen and oxygen atoms in total. The third-order valence-electron chi connectivity index (χ3n) is 2.73. The van der Waals surface area contributed by atoms with Crippen molar-refractivity contribution in [3.05, 3.63) is 29.8 Å². The summed E-state index contributed by atoms with van der Waals surface area (Å²) in [5.41, 5.74) is -1.81. The molecular weight excluding hydrogens is 215 g/mol. The van der Waals surface area contributed by atoms with E-state index in [1.165, 1.54) is 6.07 Å². The lowest BCUT2D eigenvalue weighted by Gasteiger charge is -2.34. The number of aliphatic carboxylic acids is 1. The Morgan fingerprint density at radius 3 is 2.88 bits per heavy atom. The van der Waals surface area contributed by atoms with E-state index in [1.54, 1.807) is 18.2 Å². The van der Waals surface area contributed by atoms with Crippen LogP contribution in [0.2, 0.25) is 0 Å². The molecule has 0 fully saturated rings. The number of ether oxygens (including phenoxy) is 1. The van der Waals surface area contributed by atoms with Gasteiger partial charge in [-0.15, -0.1) is 0 Å². The van der Waals surface area contributed by atoms with Crippen molar-refractivity contribution < 1.29 is 24.1 Å². The number of carboxylic acids is 1. The number of para-hydroxylation sites is 1.